The van der Waals surface area contributed by atoms with E-state index in [2.05, 4.69) is 147 Å². The van der Waals surface area contributed by atoms with E-state index in [1.54, 1.807) is 27.4 Å². The van der Waals surface area contributed by atoms with Gasteiger partial charge in [0.25, 0.3) is 0 Å². The quantitative estimate of drug-likeness (QED) is 0.165. The second-order valence-electron chi connectivity index (χ2n) is 15.3. The van der Waals surface area contributed by atoms with Crippen molar-refractivity contribution < 1.29 is 57.9 Å². The summed E-state index contributed by atoms with van der Waals surface area (Å²) in [5.74, 6) is 3.74. The van der Waals surface area contributed by atoms with Crippen LogP contribution in [0.5, 0.6) is 0 Å². The third-order valence-electron chi connectivity index (χ3n) is 11.3. The van der Waals surface area contributed by atoms with Crippen LogP contribution in [-0.4, -0.2) is 3.21 Å². The molecule has 5 heteroatoms. The Hall–Kier alpha value is -5.05. The molecule has 10 aromatic rings. The average molecular weight is 887 g/mol. The summed E-state index contributed by atoms with van der Waals surface area (Å²) in [4.78, 5) is 0. The van der Waals surface area contributed by atoms with Gasteiger partial charge in [0.2, 0.25) is 0 Å². The molecular formula is C54H44Cl2O2Zr-2. The Kier molecular flexibility index (Phi) is 12.9. The maximum absolute atomic E-state index is 5.85. The van der Waals surface area contributed by atoms with Crippen molar-refractivity contribution in [3.8, 4) is 44.9 Å². The number of aryl methyl sites for hydroxylation is 4. The molecule has 0 radical (unpaired) electrons. The first kappa shape index (κ1) is 42.1. The number of rotatable bonds is 4. The van der Waals surface area contributed by atoms with Crippen molar-refractivity contribution >= 4 is 46.3 Å². The van der Waals surface area contributed by atoms with Crippen molar-refractivity contribution in [2.75, 3.05) is 0 Å². The van der Waals surface area contributed by atoms with E-state index in [-0.39, 0.29) is 24.8 Å². The first-order chi connectivity index (χ1) is 27.8. The minimum absolute atomic E-state index is 0. The van der Waals surface area contributed by atoms with Crippen molar-refractivity contribution in [3.05, 3.63) is 180 Å². The topological polar surface area (TPSA) is 26.3 Å². The summed E-state index contributed by atoms with van der Waals surface area (Å²) in [6.07, 6.45) is 4.36. The van der Waals surface area contributed by atoms with Gasteiger partial charge in [-0.15, -0.1) is 57.9 Å². The summed E-state index contributed by atoms with van der Waals surface area (Å²) < 4.78 is 13.5. The summed E-state index contributed by atoms with van der Waals surface area (Å²) >= 11 is 1.67. The van der Waals surface area contributed by atoms with Crippen LogP contribution < -0.4 is 24.8 Å². The number of benzene rings is 6. The number of fused-ring (bicyclic) bond motifs is 4. The van der Waals surface area contributed by atoms with Gasteiger partial charge >= 0.3 is 46.7 Å². The van der Waals surface area contributed by atoms with Gasteiger partial charge in [-0.05, 0) is 95.8 Å². The maximum atomic E-state index is 5.85. The molecule has 2 heterocycles. The molecule has 1 aliphatic rings. The predicted octanol–water partition coefficient (Wildman–Crippen LogP) is 9.41. The molecule has 0 atom stereocenters. The molecule has 2 nitrogen and oxygen atoms in total. The Bertz CT molecular complexity index is 2860. The van der Waals surface area contributed by atoms with Gasteiger partial charge in [-0.2, -0.15) is 0 Å². The molecule has 1 fully saturated rings. The van der Waals surface area contributed by atoms with Gasteiger partial charge in [-0.3, -0.25) is 0 Å². The molecular weight excluding hydrogens is 843 g/mol. The SMILES string of the molecule is Cc1ccc(-c2cc3c(-c4cccc5ccccc45)c(C)ccc3[cH-]2)o1.Cc1ccc(-c2cc3c(-c4cccc5ccccc45)c(C)ccc3[cH-]2)o1.[Cl-].[Cl-].[Zr+2]=[C]1CCC1. The van der Waals surface area contributed by atoms with Gasteiger partial charge < -0.3 is 33.6 Å². The Balaban J connectivity index is 0.000000155. The van der Waals surface area contributed by atoms with Crippen LogP contribution in [0.1, 0.15) is 41.9 Å². The van der Waals surface area contributed by atoms with E-state index < -0.39 is 0 Å². The molecule has 0 unspecified atom stereocenters. The standard InChI is InChI=1S/2C25H19O.C4H6.2ClH.Zr/c2*1-16-10-12-19-14-20(24-13-11-17(2)26-24)15-23(19)25(16)22-9-5-7-18-6-3-4-8-21(18)22;1-2-4-3-1;;;/h2*3-15H,1-2H3;1-3H2;2*1H;/q2*-1;;;;+2/p-2. The zero-order chi connectivity index (χ0) is 39.0. The molecule has 1 saturated carbocycles. The summed E-state index contributed by atoms with van der Waals surface area (Å²) in [5.41, 5.74) is 10.1. The fraction of sp³-hybridized carbons (Fsp3) is 0.130. The van der Waals surface area contributed by atoms with E-state index in [1.165, 1.54) is 95.7 Å². The van der Waals surface area contributed by atoms with Crippen LogP contribution >= 0.6 is 0 Å². The zero-order valence-electron chi connectivity index (χ0n) is 33.7. The summed E-state index contributed by atoms with van der Waals surface area (Å²) in [5, 5.41) is 10.2. The molecule has 0 spiro atoms. The van der Waals surface area contributed by atoms with Crippen molar-refractivity contribution in [2.24, 2.45) is 0 Å². The third kappa shape index (κ3) is 8.53. The Morgan fingerprint density at radius 3 is 1.24 bits per heavy atom. The summed E-state index contributed by atoms with van der Waals surface area (Å²) in [7, 11) is 0. The minimum atomic E-state index is 0. The van der Waals surface area contributed by atoms with Crippen LogP contribution in [0.4, 0.5) is 0 Å². The van der Waals surface area contributed by atoms with Crippen LogP contribution in [0.2, 0.25) is 0 Å². The second-order valence-corrected chi connectivity index (χ2v) is 17.1. The number of hydrogen-bond acceptors (Lipinski definition) is 2. The second kappa shape index (κ2) is 18.1. The van der Waals surface area contributed by atoms with Crippen molar-refractivity contribution in [1.82, 2.24) is 0 Å². The van der Waals surface area contributed by atoms with Crippen LogP contribution in [0.15, 0.2) is 167 Å². The number of hydrogen-bond donors (Lipinski definition) is 0. The van der Waals surface area contributed by atoms with Crippen LogP contribution in [-0.2, 0) is 24.2 Å². The summed E-state index contributed by atoms with van der Waals surface area (Å²) in [6.45, 7) is 8.36. The molecule has 59 heavy (non-hydrogen) atoms. The molecule has 8 aromatic carbocycles. The molecule has 292 valence electrons. The van der Waals surface area contributed by atoms with E-state index in [1.807, 2.05) is 38.1 Å². The van der Waals surface area contributed by atoms with Crippen molar-refractivity contribution in [3.63, 3.8) is 0 Å². The molecule has 0 bridgehead atoms. The van der Waals surface area contributed by atoms with Crippen LogP contribution in [0, 0.1) is 27.7 Å². The van der Waals surface area contributed by atoms with E-state index in [0.717, 1.165) is 34.2 Å². The molecule has 0 aliphatic heterocycles. The van der Waals surface area contributed by atoms with E-state index >= 15 is 0 Å². The van der Waals surface area contributed by atoms with Crippen LogP contribution in [0.3, 0.4) is 0 Å². The average Bonchev–Trinajstić information content (AvgIpc) is 4.04. The fourth-order valence-electron chi connectivity index (χ4n) is 8.20. The van der Waals surface area contributed by atoms with E-state index in [0.29, 0.717) is 0 Å². The van der Waals surface area contributed by atoms with Crippen molar-refractivity contribution in [1.29, 1.82) is 0 Å². The molecule has 0 saturated heterocycles. The number of furan rings is 2. The van der Waals surface area contributed by atoms with E-state index in [4.69, 9.17) is 8.83 Å². The van der Waals surface area contributed by atoms with Gasteiger partial charge in [0, 0.05) is 0 Å². The van der Waals surface area contributed by atoms with Gasteiger partial charge in [-0.1, -0.05) is 119 Å². The number of halogens is 2. The molecule has 2 aromatic heterocycles. The van der Waals surface area contributed by atoms with Crippen LogP contribution in [0.25, 0.3) is 88.0 Å². The van der Waals surface area contributed by atoms with Gasteiger partial charge in [0.1, 0.15) is 0 Å². The van der Waals surface area contributed by atoms with Crippen molar-refractivity contribution in [2.45, 2.75) is 47.0 Å². The summed E-state index contributed by atoms with van der Waals surface area (Å²) in [6, 6.07) is 56.3. The Morgan fingerprint density at radius 1 is 0.458 bits per heavy atom. The monoisotopic (exact) mass is 884 g/mol. The molecule has 0 amide bonds. The Labute approximate surface area is 373 Å². The first-order valence-corrected chi connectivity index (χ1v) is 21.1. The molecule has 0 N–H and O–H groups in total. The first-order valence-electron chi connectivity index (χ1n) is 19.9. The predicted molar refractivity (Wildman–Crippen MR) is 238 cm³/mol. The fourth-order valence-corrected chi connectivity index (χ4v) is 9.07. The molecule has 1 aliphatic carbocycles. The zero-order valence-corrected chi connectivity index (χ0v) is 37.7. The van der Waals surface area contributed by atoms with Gasteiger partial charge in [-0.25, -0.2) is 0 Å². The normalized spacial score (nSPS) is 12.0. The Morgan fingerprint density at radius 2 is 0.864 bits per heavy atom. The van der Waals surface area contributed by atoms with E-state index in [9.17, 15) is 0 Å². The molecule has 11 rings (SSSR count). The third-order valence-corrected chi connectivity index (χ3v) is 12.6. The van der Waals surface area contributed by atoms with Gasteiger partial charge in [0.15, 0.2) is 0 Å². The van der Waals surface area contributed by atoms with Gasteiger partial charge in [0.05, 0.1) is 23.0 Å².